The molecule has 0 saturated heterocycles. The number of fused-ring (bicyclic) bond motifs is 1. The number of halogens is 2. The van der Waals surface area contributed by atoms with Crippen LogP contribution < -0.4 is 0 Å². The first kappa shape index (κ1) is 18.7. The molecular formula is C22H17F2N3O2. The van der Waals surface area contributed by atoms with Crippen molar-refractivity contribution in [1.82, 2.24) is 15.0 Å². The Bertz CT molecular complexity index is 1200. The van der Waals surface area contributed by atoms with Crippen LogP contribution in [-0.4, -0.2) is 28.0 Å². The Balaban J connectivity index is 1.75. The fourth-order valence-corrected chi connectivity index (χ4v) is 3.22. The van der Waals surface area contributed by atoms with E-state index in [9.17, 15) is 13.6 Å². The number of carbonyl (C=O) groups excluding carboxylic acids is 1. The first-order valence-corrected chi connectivity index (χ1v) is 8.95. The first-order valence-electron chi connectivity index (χ1n) is 8.95. The van der Waals surface area contributed by atoms with Gasteiger partial charge in [-0.1, -0.05) is 17.3 Å². The summed E-state index contributed by atoms with van der Waals surface area (Å²) in [5, 5.41) is 4.45. The van der Waals surface area contributed by atoms with Crippen molar-refractivity contribution in [2.24, 2.45) is 0 Å². The standard InChI is InChI=1S/C22H17F2N3O2/c1-13-20-18(22(28)27(2)12-14-4-3-5-17(24)10-14)11-19(25-21(20)29-26-13)15-6-8-16(23)9-7-15/h3-11H,12H2,1-2H3. The number of rotatable bonds is 4. The van der Waals surface area contributed by atoms with E-state index in [1.54, 1.807) is 44.3 Å². The maximum absolute atomic E-state index is 13.5. The maximum atomic E-state index is 13.5. The Kier molecular flexibility index (Phi) is 4.80. The second-order valence-electron chi connectivity index (χ2n) is 6.80. The highest BCUT2D eigenvalue weighted by atomic mass is 19.1. The Hall–Kier alpha value is -3.61. The van der Waals surface area contributed by atoms with Gasteiger partial charge in [0.1, 0.15) is 11.6 Å². The minimum atomic E-state index is -0.364. The van der Waals surface area contributed by atoms with Crippen molar-refractivity contribution in [3.05, 3.63) is 83.1 Å². The molecule has 7 heteroatoms. The molecule has 0 spiro atoms. The van der Waals surface area contributed by atoms with Crippen LogP contribution in [0.25, 0.3) is 22.4 Å². The van der Waals surface area contributed by atoms with Crippen molar-refractivity contribution in [2.75, 3.05) is 7.05 Å². The Morgan fingerprint density at radius 1 is 1.07 bits per heavy atom. The van der Waals surface area contributed by atoms with Crippen LogP contribution >= 0.6 is 0 Å². The monoisotopic (exact) mass is 393 g/mol. The number of amides is 1. The number of aromatic nitrogens is 2. The summed E-state index contributed by atoms with van der Waals surface area (Å²) in [6, 6.07) is 13.6. The third-order valence-electron chi connectivity index (χ3n) is 4.64. The number of benzene rings is 2. The van der Waals surface area contributed by atoms with Gasteiger partial charge < -0.3 is 9.42 Å². The summed E-state index contributed by atoms with van der Waals surface area (Å²) in [6.45, 7) is 1.96. The van der Waals surface area contributed by atoms with Crippen LogP contribution in [0.15, 0.2) is 59.1 Å². The molecule has 0 fully saturated rings. The number of pyridine rings is 1. The maximum Gasteiger partial charge on any atom is 0.259 e. The fraction of sp³-hybridized carbons (Fsp3) is 0.136. The second-order valence-corrected chi connectivity index (χ2v) is 6.80. The van der Waals surface area contributed by atoms with E-state index in [1.165, 1.54) is 29.2 Å². The summed E-state index contributed by atoms with van der Waals surface area (Å²) in [5.41, 5.74) is 2.92. The molecule has 29 heavy (non-hydrogen) atoms. The van der Waals surface area contributed by atoms with Crippen LogP contribution in [0.1, 0.15) is 21.6 Å². The van der Waals surface area contributed by atoms with Crippen molar-refractivity contribution >= 4 is 17.0 Å². The normalized spacial score (nSPS) is 11.0. The Labute approximate surface area is 165 Å². The molecule has 2 aromatic carbocycles. The average molecular weight is 393 g/mol. The molecule has 0 aliphatic rings. The highest BCUT2D eigenvalue weighted by molar-refractivity contribution is 6.06. The first-order chi connectivity index (χ1) is 13.9. The number of hydrogen-bond acceptors (Lipinski definition) is 4. The lowest BCUT2D eigenvalue weighted by Crippen LogP contribution is -2.26. The molecular weight excluding hydrogens is 376 g/mol. The lowest BCUT2D eigenvalue weighted by molar-refractivity contribution is 0.0786. The van der Waals surface area contributed by atoms with Gasteiger partial charge in [0.25, 0.3) is 11.6 Å². The van der Waals surface area contributed by atoms with Crippen molar-refractivity contribution in [1.29, 1.82) is 0 Å². The van der Waals surface area contributed by atoms with Crippen LogP contribution in [0, 0.1) is 18.6 Å². The number of aryl methyl sites for hydroxylation is 1. The van der Waals surface area contributed by atoms with Gasteiger partial charge in [-0.15, -0.1) is 0 Å². The molecule has 0 radical (unpaired) electrons. The zero-order valence-electron chi connectivity index (χ0n) is 15.8. The number of carbonyl (C=O) groups is 1. The molecule has 4 rings (SSSR count). The van der Waals surface area contributed by atoms with Crippen molar-refractivity contribution in [3.63, 3.8) is 0 Å². The zero-order valence-corrected chi connectivity index (χ0v) is 15.8. The van der Waals surface area contributed by atoms with Gasteiger partial charge in [0.15, 0.2) is 0 Å². The molecule has 4 aromatic rings. The van der Waals surface area contributed by atoms with Gasteiger partial charge in [-0.3, -0.25) is 4.79 Å². The predicted molar refractivity (Wildman–Crippen MR) is 104 cm³/mol. The topological polar surface area (TPSA) is 59.2 Å². The van der Waals surface area contributed by atoms with Gasteiger partial charge in [-0.2, -0.15) is 0 Å². The highest BCUT2D eigenvalue weighted by Crippen LogP contribution is 2.28. The minimum absolute atomic E-state index is 0.229. The van der Waals surface area contributed by atoms with E-state index >= 15 is 0 Å². The minimum Gasteiger partial charge on any atom is -0.337 e. The van der Waals surface area contributed by atoms with Crippen molar-refractivity contribution < 1.29 is 18.1 Å². The van der Waals surface area contributed by atoms with Crippen LogP contribution in [0.3, 0.4) is 0 Å². The van der Waals surface area contributed by atoms with Crippen molar-refractivity contribution in [2.45, 2.75) is 13.5 Å². The summed E-state index contributed by atoms with van der Waals surface area (Å²) in [4.78, 5) is 19.1. The van der Waals surface area contributed by atoms with E-state index in [4.69, 9.17) is 4.52 Å². The van der Waals surface area contributed by atoms with Crippen LogP contribution in [0.4, 0.5) is 8.78 Å². The highest BCUT2D eigenvalue weighted by Gasteiger charge is 2.22. The van der Waals surface area contributed by atoms with Gasteiger partial charge in [0.05, 0.1) is 22.3 Å². The largest absolute Gasteiger partial charge is 0.337 e. The molecule has 2 aromatic heterocycles. The molecule has 0 N–H and O–H groups in total. The molecule has 1 amide bonds. The fourth-order valence-electron chi connectivity index (χ4n) is 3.22. The summed E-state index contributed by atoms with van der Waals surface area (Å²) >= 11 is 0. The van der Waals surface area contributed by atoms with E-state index in [-0.39, 0.29) is 29.8 Å². The molecule has 0 saturated carbocycles. The SMILES string of the molecule is Cc1noc2nc(-c3ccc(F)cc3)cc(C(=O)N(C)Cc3cccc(F)c3)c12. The van der Waals surface area contributed by atoms with Crippen LogP contribution in [-0.2, 0) is 6.54 Å². The van der Waals surface area contributed by atoms with Crippen molar-refractivity contribution in [3.8, 4) is 11.3 Å². The summed E-state index contributed by atoms with van der Waals surface area (Å²) < 4.78 is 32.0. The number of hydrogen-bond donors (Lipinski definition) is 0. The second kappa shape index (κ2) is 7.43. The average Bonchev–Trinajstić information content (AvgIpc) is 3.08. The zero-order chi connectivity index (χ0) is 20.5. The van der Waals surface area contributed by atoms with E-state index < -0.39 is 0 Å². The predicted octanol–water partition coefficient (Wildman–Crippen LogP) is 4.75. The Morgan fingerprint density at radius 2 is 1.83 bits per heavy atom. The van der Waals surface area contributed by atoms with Gasteiger partial charge in [-0.25, -0.2) is 13.8 Å². The number of nitrogens with zero attached hydrogens (tertiary/aromatic N) is 3. The van der Waals surface area contributed by atoms with Gasteiger partial charge >= 0.3 is 0 Å². The van der Waals surface area contributed by atoms with E-state index in [2.05, 4.69) is 10.1 Å². The van der Waals surface area contributed by atoms with Gasteiger partial charge in [0.2, 0.25) is 0 Å². The molecule has 0 atom stereocenters. The third-order valence-corrected chi connectivity index (χ3v) is 4.64. The summed E-state index contributed by atoms with van der Waals surface area (Å²) in [7, 11) is 1.64. The quantitative estimate of drug-likeness (QED) is 0.502. The lowest BCUT2D eigenvalue weighted by atomic mass is 10.0. The molecule has 0 unspecified atom stereocenters. The van der Waals surface area contributed by atoms with Gasteiger partial charge in [0, 0.05) is 19.2 Å². The summed E-state index contributed by atoms with van der Waals surface area (Å²) in [6.07, 6.45) is 0. The van der Waals surface area contributed by atoms with Crippen LogP contribution in [0.2, 0.25) is 0 Å². The molecule has 5 nitrogen and oxygen atoms in total. The van der Waals surface area contributed by atoms with E-state index in [0.29, 0.717) is 33.5 Å². The van der Waals surface area contributed by atoms with Crippen LogP contribution in [0.5, 0.6) is 0 Å². The van der Waals surface area contributed by atoms with E-state index in [1.807, 2.05) is 0 Å². The van der Waals surface area contributed by atoms with E-state index in [0.717, 1.165) is 0 Å². The molecule has 0 aliphatic heterocycles. The molecule has 0 bridgehead atoms. The molecule has 146 valence electrons. The smallest absolute Gasteiger partial charge is 0.259 e. The molecule has 0 aliphatic carbocycles. The van der Waals surface area contributed by atoms with Gasteiger partial charge in [-0.05, 0) is 55.0 Å². The molecule has 2 heterocycles. The third kappa shape index (κ3) is 3.71. The Morgan fingerprint density at radius 3 is 2.55 bits per heavy atom. The lowest BCUT2D eigenvalue weighted by Gasteiger charge is -2.18. The summed E-state index contributed by atoms with van der Waals surface area (Å²) in [5.74, 6) is -1.00.